The van der Waals surface area contributed by atoms with Gasteiger partial charge >= 0.3 is 5.97 Å². The van der Waals surface area contributed by atoms with Gasteiger partial charge in [-0.15, -0.1) is 0 Å². The lowest BCUT2D eigenvalue weighted by Crippen LogP contribution is -2.41. The number of ketones is 1. The van der Waals surface area contributed by atoms with Crippen LogP contribution in [0.25, 0.3) is 0 Å². The number of esters is 1. The van der Waals surface area contributed by atoms with Crippen LogP contribution in [0.5, 0.6) is 0 Å². The maximum Gasteiger partial charge on any atom is 0.313 e. The van der Waals surface area contributed by atoms with E-state index < -0.39 is 5.97 Å². The van der Waals surface area contributed by atoms with Crippen molar-refractivity contribution in [2.45, 2.75) is 39.2 Å². The average molecular weight is 271 g/mol. The third kappa shape index (κ3) is 6.16. The second-order valence-electron chi connectivity index (χ2n) is 5.06. The van der Waals surface area contributed by atoms with E-state index in [1.807, 2.05) is 0 Å². The minimum absolute atomic E-state index is 0.0814. The SMILES string of the molecule is CCOC(=O)CC(=O)CN(CCOC)C(C)C1CC1. The summed E-state index contributed by atoms with van der Waals surface area (Å²) in [5.74, 6) is 0.174. The van der Waals surface area contributed by atoms with Crippen molar-refractivity contribution in [1.82, 2.24) is 4.90 Å². The smallest absolute Gasteiger partial charge is 0.313 e. The molecule has 0 bridgehead atoms. The molecule has 1 unspecified atom stereocenters. The molecule has 1 aliphatic carbocycles. The molecule has 0 aromatic heterocycles. The fourth-order valence-electron chi connectivity index (χ4n) is 2.17. The number of methoxy groups -OCH3 is 1. The lowest BCUT2D eigenvalue weighted by molar-refractivity contribution is -0.145. The Labute approximate surface area is 115 Å². The van der Waals surface area contributed by atoms with Gasteiger partial charge in [0.05, 0.1) is 19.8 Å². The van der Waals surface area contributed by atoms with Crippen molar-refractivity contribution >= 4 is 11.8 Å². The van der Waals surface area contributed by atoms with E-state index in [-0.39, 0.29) is 12.2 Å². The van der Waals surface area contributed by atoms with E-state index >= 15 is 0 Å². The first-order valence-corrected chi connectivity index (χ1v) is 6.98. The highest BCUT2D eigenvalue weighted by molar-refractivity contribution is 5.96. The Morgan fingerprint density at radius 2 is 2.05 bits per heavy atom. The lowest BCUT2D eigenvalue weighted by atomic mass is 10.1. The van der Waals surface area contributed by atoms with Gasteiger partial charge < -0.3 is 9.47 Å². The maximum atomic E-state index is 11.9. The number of hydrogen-bond acceptors (Lipinski definition) is 5. The van der Waals surface area contributed by atoms with Crippen molar-refractivity contribution in [2.75, 3.05) is 33.4 Å². The van der Waals surface area contributed by atoms with Crippen molar-refractivity contribution in [1.29, 1.82) is 0 Å². The van der Waals surface area contributed by atoms with Crippen LogP contribution in [-0.2, 0) is 19.1 Å². The van der Waals surface area contributed by atoms with Crippen molar-refractivity contribution in [3.63, 3.8) is 0 Å². The Hall–Kier alpha value is -0.940. The summed E-state index contributed by atoms with van der Waals surface area (Å²) in [6, 6.07) is 0.376. The van der Waals surface area contributed by atoms with E-state index in [1.54, 1.807) is 14.0 Å². The molecule has 110 valence electrons. The first-order chi connectivity index (χ1) is 9.08. The first kappa shape index (κ1) is 16.1. The van der Waals surface area contributed by atoms with Gasteiger partial charge in [0.25, 0.3) is 0 Å². The molecule has 0 aromatic carbocycles. The van der Waals surface area contributed by atoms with Gasteiger partial charge in [-0.1, -0.05) is 0 Å². The van der Waals surface area contributed by atoms with E-state index in [0.29, 0.717) is 31.7 Å². The molecule has 0 amide bonds. The second-order valence-corrected chi connectivity index (χ2v) is 5.06. The van der Waals surface area contributed by atoms with Crippen LogP contribution in [0.1, 0.15) is 33.1 Å². The molecular formula is C14H25NO4. The topological polar surface area (TPSA) is 55.8 Å². The van der Waals surface area contributed by atoms with Gasteiger partial charge in [-0.05, 0) is 32.6 Å². The predicted molar refractivity (Wildman–Crippen MR) is 71.9 cm³/mol. The fourth-order valence-corrected chi connectivity index (χ4v) is 2.17. The summed E-state index contributed by atoms with van der Waals surface area (Å²) in [4.78, 5) is 25.3. The molecule has 0 spiro atoms. The van der Waals surface area contributed by atoms with E-state index in [0.717, 1.165) is 6.54 Å². The van der Waals surface area contributed by atoms with E-state index in [1.165, 1.54) is 12.8 Å². The molecule has 1 aliphatic rings. The number of rotatable bonds is 10. The number of hydrogen-bond donors (Lipinski definition) is 0. The zero-order chi connectivity index (χ0) is 14.3. The predicted octanol–water partition coefficient (Wildman–Crippen LogP) is 1.26. The summed E-state index contributed by atoms with van der Waals surface area (Å²) in [6.07, 6.45) is 2.34. The number of nitrogens with zero attached hydrogens (tertiary/aromatic N) is 1. The van der Waals surface area contributed by atoms with Gasteiger partial charge in [-0.2, -0.15) is 0 Å². The molecule has 0 aromatic rings. The largest absolute Gasteiger partial charge is 0.466 e. The summed E-state index contributed by atoms with van der Waals surface area (Å²) >= 11 is 0. The zero-order valence-corrected chi connectivity index (χ0v) is 12.2. The minimum Gasteiger partial charge on any atom is -0.466 e. The van der Waals surface area contributed by atoms with Gasteiger partial charge in [-0.3, -0.25) is 14.5 Å². The summed E-state index contributed by atoms with van der Waals surface area (Å²) < 4.78 is 9.87. The highest BCUT2D eigenvalue weighted by atomic mass is 16.5. The van der Waals surface area contributed by atoms with Crippen LogP contribution >= 0.6 is 0 Å². The van der Waals surface area contributed by atoms with Gasteiger partial charge in [0.2, 0.25) is 0 Å². The molecular weight excluding hydrogens is 246 g/mol. The van der Waals surface area contributed by atoms with Crippen LogP contribution in [0.2, 0.25) is 0 Å². The Morgan fingerprint density at radius 1 is 1.37 bits per heavy atom. The highest BCUT2D eigenvalue weighted by Crippen LogP contribution is 2.35. The molecule has 0 aliphatic heterocycles. The zero-order valence-electron chi connectivity index (χ0n) is 12.2. The van der Waals surface area contributed by atoms with E-state index in [4.69, 9.17) is 9.47 Å². The number of carbonyl (C=O) groups is 2. The molecule has 1 rings (SSSR count). The molecule has 0 heterocycles. The highest BCUT2D eigenvalue weighted by Gasteiger charge is 2.32. The van der Waals surface area contributed by atoms with Crippen LogP contribution in [0, 0.1) is 5.92 Å². The monoisotopic (exact) mass is 271 g/mol. The van der Waals surface area contributed by atoms with Crippen molar-refractivity contribution < 1.29 is 19.1 Å². The van der Waals surface area contributed by atoms with Crippen LogP contribution in [0.4, 0.5) is 0 Å². The van der Waals surface area contributed by atoms with Crippen LogP contribution < -0.4 is 0 Å². The van der Waals surface area contributed by atoms with Gasteiger partial charge in [0, 0.05) is 19.7 Å². The van der Waals surface area contributed by atoms with Gasteiger partial charge in [0.1, 0.15) is 6.42 Å². The van der Waals surface area contributed by atoms with Crippen LogP contribution in [0.3, 0.4) is 0 Å². The van der Waals surface area contributed by atoms with Crippen LogP contribution in [-0.4, -0.2) is 56.1 Å². The lowest BCUT2D eigenvalue weighted by Gasteiger charge is -2.28. The third-order valence-electron chi connectivity index (χ3n) is 3.49. The van der Waals surface area contributed by atoms with E-state index in [2.05, 4.69) is 11.8 Å². The summed E-state index contributed by atoms with van der Waals surface area (Å²) in [7, 11) is 1.65. The normalized spacial score (nSPS) is 16.4. The summed E-state index contributed by atoms with van der Waals surface area (Å²) in [6.45, 7) is 5.83. The molecule has 0 N–H and O–H groups in total. The molecule has 5 heteroatoms. The van der Waals surface area contributed by atoms with Crippen molar-refractivity contribution in [2.24, 2.45) is 5.92 Å². The Bertz CT molecular complexity index is 302. The molecule has 1 atom stereocenters. The molecule has 5 nitrogen and oxygen atoms in total. The number of ether oxygens (including phenoxy) is 2. The van der Waals surface area contributed by atoms with Gasteiger partial charge in [0.15, 0.2) is 5.78 Å². The van der Waals surface area contributed by atoms with Crippen molar-refractivity contribution in [3.8, 4) is 0 Å². The Morgan fingerprint density at radius 3 is 2.58 bits per heavy atom. The summed E-state index contributed by atoms with van der Waals surface area (Å²) in [5.41, 5.74) is 0. The fraction of sp³-hybridized carbons (Fsp3) is 0.857. The first-order valence-electron chi connectivity index (χ1n) is 6.98. The van der Waals surface area contributed by atoms with Crippen molar-refractivity contribution in [3.05, 3.63) is 0 Å². The van der Waals surface area contributed by atoms with Gasteiger partial charge in [-0.25, -0.2) is 0 Å². The van der Waals surface area contributed by atoms with Crippen LogP contribution in [0.15, 0.2) is 0 Å². The Balaban J connectivity index is 2.41. The Kier molecular flexibility index (Phi) is 7.02. The second kappa shape index (κ2) is 8.27. The molecule has 1 saturated carbocycles. The van der Waals surface area contributed by atoms with E-state index in [9.17, 15) is 9.59 Å². The maximum absolute atomic E-state index is 11.9. The number of Topliss-reactive ketones (excluding diaryl/α,β-unsaturated/α-hetero) is 1. The third-order valence-corrected chi connectivity index (χ3v) is 3.49. The molecule has 19 heavy (non-hydrogen) atoms. The molecule has 1 fully saturated rings. The average Bonchev–Trinajstić information content (AvgIpc) is 3.17. The standard InChI is InChI=1S/C14H25NO4/c1-4-19-14(17)9-13(16)10-15(7-8-18-3)11(2)12-5-6-12/h11-12H,4-10H2,1-3H3. The minimum atomic E-state index is -0.432. The number of carbonyl (C=O) groups excluding carboxylic acids is 2. The quantitative estimate of drug-likeness (QED) is 0.442. The summed E-state index contributed by atoms with van der Waals surface area (Å²) in [5, 5.41) is 0. The molecule has 0 saturated heterocycles. The molecule has 0 radical (unpaired) electrons.